The van der Waals surface area contributed by atoms with Crippen LogP contribution in [0.5, 0.6) is 0 Å². The quantitative estimate of drug-likeness (QED) is 0.432. The predicted molar refractivity (Wildman–Crippen MR) is 109 cm³/mol. The van der Waals surface area contributed by atoms with E-state index < -0.39 is 35.9 Å². The van der Waals surface area contributed by atoms with Gasteiger partial charge in [0.05, 0.1) is 6.04 Å². The number of benzene rings is 1. The second-order valence-corrected chi connectivity index (χ2v) is 8.02. The van der Waals surface area contributed by atoms with Crippen LogP contribution in [-0.2, 0) is 20.8 Å². The van der Waals surface area contributed by atoms with Crippen LogP contribution in [0.15, 0.2) is 30.3 Å². The molecular formula is C21H33N3O4. The van der Waals surface area contributed by atoms with Gasteiger partial charge < -0.3 is 16.2 Å². The highest BCUT2D eigenvalue weighted by Crippen LogP contribution is 2.11. The Hall–Kier alpha value is -2.41. The second kappa shape index (κ2) is 11.4. The van der Waals surface area contributed by atoms with Crippen molar-refractivity contribution in [2.75, 3.05) is 0 Å². The summed E-state index contributed by atoms with van der Waals surface area (Å²) in [5.74, 6) is -1.71. The number of primary amides is 1. The number of hydrogen-bond acceptors (Lipinski definition) is 4. The van der Waals surface area contributed by atoms with E-state index in [2.05, 4.69) is 10.6 Å². The first-order valence-corrected chi connectivity index (χ1v) is 9.72. The van der Waals surface area contributed by atoms with Gasteiger partial charge in [-0.05, 0) is 30.2 Å². The zero-order valence-electron chi connectivity index (χ0n) is 17.1. The van der Waals surface area contributed by atoms with Gasteiger partial charge in [-0.1, -0.05) is 58.0 Å². The van der Waals surface area contributed by atoms with Gasteiger partial charge in [-0.25, -0.2) is 0 Å². The van der Waals surface area contributed by atoms with Gasteiger partial charge in [0.25, 0.3) is 0 Å². The Morgan fingerprint density at radius 1 is 0.929 bits per heavy atom. The molecule has 0 spiro atoms. The molecule has 5 N–H and O–H groups in total. The van der Waals surface area contributed by atoms with Crippen LogP contribution in [0, 0.1) is 11.8 Å². The predicted octanol–water partition coefficient (Wildman–Crippen LogP) is 1.70. The van der Waals surface area contributed by atoms with Crippen LogP contribution < -0.4 is 16.4 Å². The third kappa shape index (κ3) is 8.52. The molecule has 0 aliphatic heterocycles. The second-order valence-electron chi connectivity index (χ2n) is 8.02. The largest absolute Gasteiger partial charge is 0.480 e. The SMILES string of the molecule is CC(C)CC(NC(CC(C)C)C(=O)NC(Cc1ccccc1)C(N)=O)C(=O)O. The summed E-state index contributed by atoms with van der Waals surface area (Å²) in [5, 5.41) is 15.1. The maximum absolute atomic E-state index is 12.9. The highest BCUT2D eigenvalue weighted by atomic mass is 16.4. The molecule has 0 fully saturated rings. The van der Waals surface area contributed by atoms with E-state index in [1.54, 1.807) is 0 Å². The minimum absolute atomic E-state index is 0.160. The third-order valence-corrected chi connectivity index (χ3v) is 4.37. The molecule has 2 amide bonds. The van der Waals surface area contributed by atoms with Crippen molar-refractivity contribution in [3.63, 3.8) is 0 Å². The van der Waals surface area contributed by atoms with E-state index in [-0.39, 0.29) is 18.3 Å². The van der Waals surface area contributed by atoms with Crippen LogP contribution in [0.4, 0.5) is 0 Å². The average molecular weight is 392 g/mol. The van der Waals surface area contributed by atoms with Crippen LogP contribution in [0.25, 0.3) is 0 Å². The molecule has 0 heterocycles. The van der Waals surface area contributed by atoms with Crippen molar-refractivity contribution in [2.24, 2.45) is 17.6 Å². The first-order chi connectivity index (χ1) is 13.1. The number of amides is 2. The molecule has 1 aromatic rings. The molecule has 3 atom stereocenters. The molecule has 0 aliphatic rings. The molecule has 3 unspecified atom stereocenters. The average Bonchev–Trinajstić information content (AvgIpc) is 2.59. The monoisotopic (exact) mass is 391 g/mol. The van der Waals surface area contributed by atoms with Crippen molar-refractivity contribution in [1.82, 2.24) is 10.6 Å². The van der Waals surface area contributed by atoms with Gasteiger partial charge in [0, 0.05) is 6.42 Å². The number of carbonyl (C=O) groups is 3. The van der Waals surface area contributed by atoms with Crippen molar-refractivity contribution < 1.29 is 19.5 Å². The number of nitrogens with one attached hydrogen (secondary N) is 2. The summed E-state index contributed by atoms with van der Waals surface area (Å²) in [6, 6.07) is 6.85. The lowest BCUT2D eigenvalue weighted by Crippen LogP contribution is -2.56. The fourth-order valence-electron chi connectivity index (χ4n) is 3.02. The number of aliphatic carboxylic acids is 1. The Labute approximate surface area is 167 Å². The Morgan fingerprint density at radius 2 is 1.46 bits per heavy atom. The van der Waals surface area contributed by atoms with Crippen LogP contribution in [0.3, 0.4) is 0 Å². The van der Waals surface area contributed by atoms with Gasteiger partial charge in [0.15, 0.2) is 0 Å². The van der Waals surface area contributed by atoms with Gasteiger partial charge in [-0.15, -0.1) is 0 Å². The van der Waals surface area contributed by atoms with E-state index in [0.29, 0.717) is 12.8 Å². The maximum Gasteiger partial charge on any atom is 0.320 e. The minimum atomic E-state index is -0.994. The van der Waals surface area contributed by atoms with E-state index >= 15 is 0 Å². The molecule has 1 aromatic carbocycles. The fourth-order valence-corrected chi connectivity index (χ4v) is 3.02. The summed E-state index contributed by atoms with van der Waals surface area (Å²) in [4.78, 5) is 36.3. The standard InChI is InChI=1S/C21H33N3O4/c1-13(2)10-17(23-18(21(27)28)11-14(3)4)20(26)24-16(19(22)25)12-15-8-6-5-7-9-15/h5-9,13-14,16-18,23H,10-12H2,1-4H3,(H2,22,25)(H,24,26)(H,27,28). The summed E-state index contributed by atoms with van der Waals surface area (Å²) in [6.45, 7) is 7.77. The molecule has 0 saturated heterocycles. The molecule has 0 bridgehead atoms. The molecule has 0 saturated carbocycles. The minimum Gasteiger partial charge on any atom is -0.480 e. The van der Waals surface area contributed by atoms with Gasteiger partial charge in [0.2, 0.25) is 11.8 Å². The van der Waals surface area contributed by atoms with E-state index in [1.807, 2.05) is 58.0 Å². The zero-order valence-corrected chi connectivity index (χ0v) is 17.1. The van der Waals surface area contributed by atoms with Crippen molar-refractivity contribution in [1.29, 1.82) is 0 Å². The Balaban J connectivity index is 2.91. The van der Waals surface area contributed by atoms with Gasteiger partial charge >= 0.3 is 5.97 Å². The summed E-state index contributed by atoms with van der Waals surface area (Å²) in [6.07, 6.45) is 1.13. The lowest BCUT2D eigenvalue weighted by Gasteiger charge is -2.26. The number of hydrogen-bond donors (Lipinski definition) is 4. The first-order valence-electron chi connectivity index (χ1n) is 9.72. The van der Waals surface area contributed by atoms with Crippen LogP contribution in [0.1, 0.15) is 46.1 Å². The van der Waals surface area contributed by atoms with Crippen molar-refractivity contribution in [3.05, 3.63) is 35.9 Å². The lowest BCUT2D eigenvalue weighted by molar-refractivity contribution is -0.140. The summed E-state index contributed by atoms with van der Waals surface area (Å²) < 4.78 is 0. The summed E-state index contributed by atoms with van der Waals surface area (Å²) >= 11 is 0. The van der Waals surface area contributed by atoms with Crippen LogP contribution >= 0.6 is 0 Å². The maximum atomic E-state index is 12.9. The third-order valence-electron chi connectivity index (χ3n) is 4.37. The normalized spacial score (nSPS) is 14.5. The van der Waals surface area contributed by atoms with E-state index in [1.165, 1.54) is 0 Å². The highest BCUT2D eigenvalue weighted by Gasteiger charge is 2.29. The van der Waals surface area contributed by atoms with Gasteiger partial charge in [0.1, 0.15) is 12.1 Å². The first kappa shape index (κ1) is 23.6. The topological polar surface area (TPSA) is 122 Å². The molecule has 7 heteroatoms. The highest BCUT2D eigenvalue weighted by molar-refractivity contribution is 5.89. The van der Waals surface area contributed by atoms with Crippen molar-refractivity contribution >= 4 is 17.8 Å². The molecular weight excluding hydrogens is 358 g/mol. The van der Waals surface area contributed by atoms with E-state index in [0.717, 1.165) is 5.56 Å². The summed E-state index contributed by atoms with van der Waals surface area (Å²) in [7, 11) is 0. The van der Waals surface area contributed by atoms with Crippen molar-refractivity contribution in [3.8, 4) is 0 Å². The smallest absolute Gasteiger partial charge is 0.320 e. The van der Waals surface area contributed by atoms with Gasteiger partial charge in [-0.3, -0.25) is 19.7 Å². The molecule has 0 radical (unpaired) electrons. The van der Waals surface area contributed by atoms with Crippen molar-refractivity contribution in [2.45, 2.75) is 65.1 Å². The molecule has 7 nitrogen and oxygen atoms in total. The zero-order chi connectivity index (χ0) is 21.3. The van der Waals surface area contributed by atoms with Gasteiger partial charge in [-0.2, -0.15) is 0 Å². The number of carboxylic acid groups (broad SMARTS) is 1. The number of carbonyl (C=O) groups excluding carboxylic acids is 2. The van der Waals surface area contributed by atoms with E-state index in [4.69, 9.17) is 5.73 Å². The Morgan fingerprint density at radius 3 is 1.93 bits per heavy atom. The number of nitrogens with two attached hydrogens (primary N) is 1. The van der Waals surface area contributed by atoms with Crippen LogP contribution in [-0.4, -0.2) is 41.0 Å². The molecule has 0 aromatic heterocycles. The Kier molecular flexibility index (Phi) is 9.65. The molecule has 1 rings (SSSR count). The number of rotatable bonds is 12. The molecule has 0 aliphatic carbocycles. The summed E-state index contributed by atoms with van der Waals surface area (Å²) in [5.41, 5.74) is 6.36. The fraction of sp³-hybridized carbons (Fsp3) is 0.571. The lowest BCUT2D eigenvalue weighted by atomic mass is 9.98. The van der Waals surface area contributed by atoms with Crippen LogP contribution in [0.2, 0.25) is 0 Å². The Bertz CT molecular complexity index is 646. The molecule has 28 heavy (non-hydrogen) atoms. The molecule has 156 valence electrons. The number of carboxylic acids is 1. The van der Waals surface area contributed by atoms with E-state index in [9.17, 15) is 19.5 Å².